The van der Waals surface area contributed by atoms with E-state index in [4.69, 9.17) is 0 Å². The van der Waals surface area contributed by atoms with Gasteiger partial charge in [-0.1, -0.05) is 18.2 Å². The van der Waals surface area contributed by atoms with Crippen LogP contribution in [0.15, 0.2) is 53.7 Å². The van der Waals surface area contributed by atoms with Crippen LogP contribution in [0.25, 0.3) is 0 Å². The first kappa shape index (κ1) is 15.5. The lowest BCUT2D eigenvalue weighted by atomic mass is 10.2. The Hall–Kier alpha value is -1.88. The number of carbonyl (C=O) groups is 1. The zero-order chi connectivity index (χ0) is 14.9. The molecule has 1 N–H and O–H groups in total. The Labute approximate surface area is 128 Å². The van der Waals surface area contributed by atoms with E-state index >= 15 is 0 Å². The van der Waals surface area contributed by atoms with Crippen LogP contribution in [0.2, 0.25) is 0 Å². The average molecular weight is 304 g/mol. The SMILES string of the molecule is O=C(CCSc1ccccc1F)NCCc1cccnc1. The average Bonchev–Trinajstić information content (AvgIpc) is 2.50. The Kier molecular flexibility index (Phi) is 6.22. The molecule has 1 amide bonds. The minimum atomic E-state index is -0.237. The van der Waals surface area contributed by atoms with Gasteiger partial charge in [-0.15, -0.1) is 11.8 Å². The molecular weight excluding hydrogens is 287 g/mol. The molecular formula is C16H17FN2OS. The van der Waals surface area contributed by atoms with Gasteiger partial charge in [-0.2, -0.15) is 0 Å². The largest absolute Gasteiger partial charge is 0.356 e. The first-order chi connectivity index (χ1) is 10.3. The fourth-order valence-electron chi connectivity index (χ4n) is 1.80. The van der Waals surface area contributed by atoms with Crippen LogP contribution in [0.1, 0.15) is 12.0 Å². The molecule has 1 aromatic heterocycles. The summed E-state index contributed by atoms with van der Waals surface area (Å²) in [7, 11) is 0. The predicted molar refractivity (Wildman–Crippen MR) is 82.7 cm³/mol. The number of benzene rings is 1. The lowest BCUT2D eigenvalue weighted by molar-refractivity contribution is -0.120. The third kappa shape index (κ3) is 5.55. The van der Waals surface area contributed by atoms with E-state index in [1.807, 2.05) is 12.1 Å². The highest BCUT2D eigenvalue weighted by molar-refractivity contribution is 7.99. The van der Waals surface area contributed by atoms with Crippen molar-refractivity contribution in [1.82, 2.24) is 10.3 Å². The quantitative estimate of drug-likeness (QED) is 0.799. The molecule has 1 aromatic carbocycles. The topological polar surface area (TPSA) is 42.0 Å². The second-order valence-electron chi connectivity index (χ2n) is 4.49. The highest BCUT2D eigenvalue weighted by Crippen LogP contribution is 2.21. The van der Waals surface area contributed by atoms with E-state index in [0.29, 0.717) is 23.6 Å². The number of nitrogens with zero attached hydrogens (tertiary/aromatic N) is 1. The van der Waals surface area contributed by atoms with Gasteiger partial charge < -0.3 is 5.32 Å². The normalized spacial score (nSPS) is 10.3. The molecule has 0 saturated heterocycles. The van der Waals surface area contributed by atoms with Crippen molar-refractivity contribution >= 4 is 17.7 Å². The van der Waals surface area contributed by atoms with Crippen molar-refractivity contribution in [2.75, 3.05) is 12.3 Å². The first-order valence-electron chi connectivity index (χ1n) is 6.78. The molecule has 2 aromatic rings. The summed E-state index contributed by atoms with van der Waals surface area (Å²) in [4.78, 5) is 16.3. The minimum absolute atomic E-state index is 0.0114. The summed E-state index contributed by atoms with van der Waals surface area (Å²) in [5.41, 5.74) is 1.10. The van der Waals surface area contributed by atoms with E-state index in [2.05, 4.69) is 10.3 Å². The summed E-state index contributed by atoms with van der Waals surface area (Å²) < 4.78 is 13.4. The first-order valence-corrected chi connectivity index (χ1v) is 7.77. The maximum Gasteiger partial charge on any atom is 0.220 e. The number of aromatic nitrogens is 1. The maximum atomic E-state index is 13.4. The molecule has 0 fully saturated rings. The number of pyridine rings is 1. The molecule has 3 nitrogen and oxygen atoms in total. The van der Waals surface area contributed by atoms with Crippen molar-refractivity contribution in [3.8, 4) is 0 Å². The van der Waals surface area contributed by atoms with Gasteiger partial charge in [0.15, 0.2) is 0 Å². The summed E-state index contributed by atoms with van der Waals surface area (Å²) in [6.07, 6.45) is 4.66. The fourth-order valence-corrected chi connectivity index (χ4v) is 2.68. The summed E-state index contributed by atoms with van der Waals surface area (Å²) in [6, 6.07) is 10.5. The molecule has 0 saturated carbocycles. The van der Waals surface area contributed by atoms with Gasteiger partial charge in [-0.3, -0.25) is 9.78 Å². The van der Waals surface area contributed by atoms with Gasteiger partial charge in [0.05, 0.1) is 0 Å². The van der Waals surface area contributed by atoms with E-state index in [1.165, 1.54) is 17.8 Å². The van der Waals surface area contributed by atoms with E-state index in [9.17, 15) is 9.18 Å². The number of amides is 1. The van der Waals surface area contributed by atoms with Crippen molar-refractivity contribution in [3.05, 3.63) is 60.2 Å². The van der Waals surface area contributed by atoms with Crippen LogP contribution in [0.3, 0.4) is 0 Å². The van der Waals surface area contributed by atoms with Gasteiger partial charge in [-0.25, -0.2) is 4.39 Å². The number of rotatable bonds is 7. The van der Waals surface area contributed by atoms with Crippen LogP contribution in [-0.2, 0) is 11.2 Å². The zero-order valence-electron chi connectivity index (χ0n) is 11.6. The van der Waals surface area contributed by atoms with E-state index < -0.39 is 0 Å². The summed E-state index contributed by atoms with van der Waals surface area (Å²) in [5, 5.41) is 2.86. The lowest BCUT2D eigenvalue weighted by Gasteiger charge is -2.05. The van der Waals surface area contributed by atoms with Gasteiger partial charge in [-0.05, 0) is 30.2 Å². The van der Waals surface area contributed by atoms with E-state index in [1.54, 1.807) is 30.6 Å². The molecule has 0 spiro atoms. The van der Waals surface area contributed by atoms with Crippen LogP contribution in [0.5, 0.6) is 0 Å². The van der Waals surface area contributed by atoms with Crippen molar-refractivity contribution in [3.63, 3.8) is 0 Å². The zero-order valence-corrected chi connectivity index (χ0v) is 12.4. The Bertz CT molecular complexity index is 577. The number of carbonyl (C=O) groups excluding carboxylic acids is 1. The Morgan fingerprint density at radius 1 is 1.24 bits per heavy atom. The van der Waals surface area contributed by atoms with Crippen molar-refractivity contribution in [2.24, 2.45) is 0 Å². The van der Waals surface area contributed by atoms with E-state index in [-0.39, 0.29) is 11.7 Å². The second kappa shape index (κ2) is 8.42. The molecule has 0 unspecified atom stereocenters. The van der Waals surface area contributed by atoms with Gasteiger partial charge in [0.2, 0.25) is 5.91 Å². The number of halogens is 1. The van der Waals surface area contributed by atoms with E-state index in [0.717, 1.165) is 12.0 Å². The third-order valence-electron chi connectivity index (χ3n) is 2.88. The smallest absolute Gasteiger partial charge is 0.220 e. The maximum absolute atomic E-state index is 13.4. The van der Waals surface area contributed by atoms with Crippen LogP contribution in [-0.4, -0.2) is 23.2 Å². The molecule has 2 rings (SSSR count). The molecule has 21 heavy (non-hydrogen) atoms. The molecule has 0 aliphatic carbocycles. The van der Waals surface area contributed by atoms with Crippen molar-refractivity contribution < 1.29 is 9.18 Å². The highest BCUT2D eigenvalue weighted by atomic mass is 32.2. The van der Waals surface area contributed by atoms with Gasteiger partial charge in [0.25, 0.3) is 0 Å². The molecule has 0 aliphatic rings. The molecule has 1 heterocycles. The standard InChI is InChI=1S/C16H17FN2OS/c17-14-5-1-2-6-15(14)21-11-8-16(20)19-10-7-13-4-3-9-18-12-13/h1-6,9,12H,7-8,10-11H2,(H,19,20). The van der Waals surface area contributed by atoms with Crippen molar-refractivity contribution in [1.29, 1.82) is 0 Å². The molecule has 0 bridgehead atoms. The minimum Gasteiger partial charge on any atom is -0.356 e. The van der Waals surface area contributed by atoms with Crippen LogP contribution < -0.4 is 5.32 Å². The molecule has 0 radical (unpaired) electrons. The van der Waals surface area contributed by atoms with Gasteiger partial charge in [0.1, 0.15) is 5.82 Å². The van der Waals surface area contributed by atoms with Crippen LogP contribution >= 0.6 is 11.8 Å². The Morgan fingerprint density at radius 3 is 2.86 bits per heavy atom. The molecule has 0 aliphatic heterocycles. The highest BCUT2D eigenvalue weighted by Gasteiger charge is 2.04. The van der Waals surface area contributed by atoms with Gasteiger partial charge >= 0.3 is 0 Å². The predicted octanol–water partition coefficient (Wildman–Crippen LogP) is 3.06. The molecule has 0 atom stereocenters. The summed E-state index contributed by atoms with van der Waals surface area (Å²) in [5.74, 6) is 0.321. The fraction of sp³-hybridized carbons (Fsp3) is 0.250. The monoisotopic (exact) mass is 304 g/mol. The van der Waals surface area contributed by atoms with Crippen molar-refractivity contribution in [2.45, 2.75) is 17.7 Å². The number of thioether (sulfide) groups is 1. The number of hydrogen-bond donors (Lipinski definition) is 1. The number of nitrogens with one attached hydrogen (secondary N) is 1. The second-order valence-corrected chi connectivity index (χ2v) is 5.63. The molecule has 110 valence electrons. The van der Waals surface area contributed by atoms with Crippen LogP contribution in [0, 0.1) is 5.82 Å². The third-order valence-corrected chi connectivity index (χ3v) is 3.93. The Balaban J connectivity index is 1.63. The molecule has 5 heteroatoms. The summed E-state index contributed by atoms with van der Waals surface area (Å²) in [6.45, 7) is 0.592. The lowest BCUT2D eigenvalue weighted by Crippen LogP contribution is -2.25. The van der Waals surface area contributed by atoms with Gasteiger partial charge in [0, 0.05) is 36.0 Å². The Morgan fingerprint density at radius 2 is 2.10 bits per heavy atom. The summed E-state index contributed by atoms with van der Waals surface area (Å²) >= 11 is 1.36. The van der Waals surface area contributed by atoms with Crippen LogP contribution in [0.4, 0.5) is 4.39 Å². The number of hydrogen-bond acceptors (Lipinski definition) is 3.